The van der Waals surface area contributed by atoms with Crippen LogP contribution in [-0.2, 0) is 6.54 Å². The van der Waals surface area contributed by atoms with Gasteiger partial charge in [0.15, 0.2) is 5.69 Å². The smallest absolute Gasteiger partial charge is 0.221 e. The van der Waals surface area contributed by atoms with Crippen LogP contribution in [0, 0.1) is 6.92 Å². The second kappa shape index (κ2) is 6.24. The minimum absolute atomic E-state index is 0.00784. The number of aromatic hydroxyl groups is 1. The van der Waals surface area contributed by atoms with Gasteiger partial charge >= 0.3 is 0 Å². The van der Waals surface area contributed by atoms with E-state index in [2.05, 4.69) is 22.4 Å². The Labute approximate surface area is 132 Å². The Kier molecular flexibility index (Phi) is 4.59. The fourth-order valence-corrected chi connectivity index (χ4v) is 2.27. The first kappa shape index (κ1) is 15.5. The lowest BCUT2D eigenvalue weighted by molar-refractivity contribution is 0.430. The van der Waals surface area contributed by atoms with Gasteiger partial charge in [0.25, 0.3) is 0 Å². The molecular weight excluding hydrogens is 308 g/mol. The lowest BCUT2D eigenvalue weighted by Crippen LogP contribution is -2.01. The quantitative estimate of drug-likeness (QED) is 0.659. The summed E-state index contributed by atoms with van der Waals surface area (Å²) in [7, 11) is 0. The van der Waals surface area contributed by atoms with Gasteiger partial charge in [0, 0.05) is 17.0 Å². The summed E-state index contributed by atoms with van der Waals surface area (Å²) in [5.41, 5.74) is 7.56. The number of rotatable bonds is 3. The molecule has 0 bridgehead atoms. The normalized spacial score (nSPS) is 12.4. The minimum atomic E-state index is -0.0838. The predicted molar refractivity (Wildman–Crippen MR) is 89.3 cm³/mol. The standard InChI is InChI=1S/C14H15ClN4OS/c1-8-4-3-5-10-11(17-18-14(16)21)13(20)19(12(8)10)7-6-9(2)15/h3-6,20H,7H2,1-2H3,(H2,16,21)/b9-6+,18-17?. The number of halogens is 1. The molecule has 5 nitrogen and oxygen atoms in total. The van der Waals surface area contributed by atoms with Crippen molar-refractivity contribution >= 4 is 45.5 Å². The Hall–Kier alpha value is -1.92. The summed E-state index contributed by atoms with van der Waals surface area (Å²) < 4.78 is 1.73. The molecule has 1 heterocycles. The number of azo groups is 1. The number of aromatic nitrogens is 1. The first-order chi connectivity index (χ1) is 9.91. The van der Waals surface area contributed by atoms with Crippen molar-refractivity contribution in [3.63, 3.8) is 0 Å². The molecule has 2 aromatic rings. The molecule has 0 saturated heterocycles. The molecule has 1 aromatic carbocycles. The maximum Gasteiger partial charge on any atom is 0.221 e. The van der Waals surface area contributed by atoms with E-state index in [1.807, 2.05) is 31.2 Å². The number of fused-ring (bicyclic) bond motifs is 1. The van der Waals surface area contributed by atoms with E-state index in [-0.39, 0.29) is 11.0 Å². The van der Waals surface area contributed by atoms with Crippen LogP contribution in [-0.4, -0.2) is 14.8 Å². The second-order valence-electron chi connectivity index (χ2n) is 4.58. The van der Waals surface area contributed by atoms with E-state index in [1.54, 1.807) is 11.5 Å². The molecule has 0 atom stereocenters. The van der Waals surface area contributed by atoms with Crippen molar-refractivity contribution in [3.05, 3.63) is 34.9 Å². The number of aryl methyl sites for hydroxylation is 1. The number of para-hydroxylation sites is 1. The van der Waals surface area contributed by atoms with E-state index < -0.39 is 0 Å². The average Bonchev–Trinajstić information content (AvgIpc) is 2.67. The van der Waals surface area contributed by atoms with E-state index >= 15 is 0 Å². The van der Waals surface area contributed by atoms with Crippen molar-refractivity contribution in [2.45, 2.75) is 20.4 Å². The monoisotopic (exact) mass is 322 g/mol. The molecule has 21 heavy (non-hydrogen) atoms. The fourth-order valence-electron chi connectivity index (χ4n) is 2.16. The van der Waals surface area contributed by atoms with E-state index in [9.17, 15) is 5.11 Å². The van der Waals surface area contributed by atoms with E-state index in [0.29, 0.717) is 17.3 Å². The van der Waals surface area contributed by atoms with Crippen molar-refractivity contribution < 1.29 is 5.11 Å². The van der Waals surface area contributed by atoms with E-state index in [0.717, 1.165) is 16.5 Å². The predicted octanol–water partition coefficient (Wildman–Crippen LogP) is 4.13. The van der Waals surface area contributed by atoms with Gasteiger partial charge in [-0.25, -0.2) is 0 Å². The van der Waals surface area contributed by atoms with Crippen molar-refractivity contribution in [3.8, 4) is 5.88 Å². The first-order valence-corrected chi connectivity index (χ1v) is 7.04. The second-order valence-corrected chi connectivity index (χ2v) is 5.60. The summed E-state index contributed by atoms with van der Waals surface area (Å²) in [6.07, 6.45) is 1.81. The number of hydrogen-bond acceptors (Lipinski definition) is 3. The zero-order valence-electron chi connectivity index (χ0n) is 11.7. The molecule has 0 aliphatic rings. The zero-order chi connectivity index (χ0) is 15.6. The molecule has 110 valence electrons. The molecule has 2 rings (SSSR count). The highest BCUT2D eigenvalue weighted by Crippen LogP contribution is 2.40. The van der Waals surface area contributed by atoms with Gasteiger partial charge in [0.1, 0.15) is 0 Å². The van der Waals surface area contributed by atoms with Gasteiger partial charge in [-0.2, -0.15) is 0 Å². The summed E-state index contributed by atoms with van der Waals surface area (Å²) in [4.78, 5) is 0. The summed E-state index contributed by atoms with van der Waals surface area (Å²) in [6.45, 7) is 4.18. The average molecular weight is 323 g/mol. The van der Waals surface area contributed by atoms with Crippen LogP contribution in [0.2, 0.25) is 0 Å². The Morgan fingerprint density at radius 1 is 1.52 bits per heavy atom. The largest absolute Gasteiger partial charge is 0.493 e. The molecule has 7 heteroatoms. The third-order valence-electron chi connectivity index (χ3n) is 3.03. The van der Waals surface area contributed by atoms with E-state index in [4.69, 9.17) is 17.3 Å². The van der Waals surface area contributed by atoms with Crippen LogP contribution < -0.4 is 5.73 Å². The number of nitrogens with zero attached hydrogens (tertiary/aromatic N) is 3. The number of nitrogens with two attached hydrogens (primary N) is 1. The van der Waals surface area contributed by atoms with Crippen molar-refractivity contribution in [1.82, 2.24) is 4.57 Å². The van der Waals surface area contributed by atoms with Gasteiger partial charge in [0.05, 0.1) is 5.52 Å². The third-order valence-corrected chi connectivity index (χ3v) is 3.27. The summed E-state index contributed by atoms with van der Waals surface area (Å²) in [5.74, 6) is 0.00784. The Morgan fingerprint density at radius 2 is 2.24 bits per heavy atom. The first-order valence-electron chi connectivity index (χ1n) is 6.26. The van der Waals surface area contributed by atoms with Crippen LogP contribution in [0.4, 0.5) is 5.69 Å². The number of benzene rings is 1. The van der Waals surface area contributed by atoms with Crippen molar-refractivity contribution in [1.29, 1.82) is 0 Å². The molecular formula is C14H15ClN4OS. The van der Waals surface area contributed by atoms with Crippen LogP contribution in [0.1, 0.15) is 12.5 Å². The Balaban J connectivity index is 2.70. The molecule has 1 aromatic heterocycles. The number of hydrogen-bond donors (Lipinski definition) is 2. The fraction of sp³-hybridized carbons (Fsp3) is 0.214. The van der Waals surface area contributed by atoms with Gasteiger partial charge in [0.2, 0.25) is 11.0 Å². The van der Waals surface area contributed by atoms with Crippen LogP contribution in [0.5, 0.6) is 5.88 Å². The highest BCUT2D eigenvalue weighted by atomic mass is 35.5. The van der Waals surface area contributed by atoms with Gasteiger partial charge in [-0.3, -0.25) is 0 Å². The Bertz CT molecular complexity index is 760. The molecule has 0 amide bonds. The van der Waals surface area contributed by atoms with Crippen LogP contribution in [0.15, 0.2) is 39.5 Å². The molecule has 0 fully saturated rings. The highest BCUT2D eigenvalue weighted by molar-refractivity contribution is 7.80. The maximum atomic E-state index is 10.4. The lowest BCUT2D eigenvalue weighted by Gasteiger charge is -2.05. The third kappa shape index (κ3) is 3.22. The Morgan fingerprint density at radius 3 is 2.86 bits per heavy atom. The van der Waals surface area contributed by atoms with Gasteiger partial charge in [-0.15, -0.1) is 10.2 Å². The molecule has 0 saturated carbocycles. The minimum Gasteiger partial charge on any atom is -0.493 e. The van der Waals surface area contributed by atoms with Gasteiger partial charge < -0.3 is 15.4 Å². The van der Waals surface area contributed by atoms with Crippen molar-refractivity contribution in [2.75, 3.05) is 0 Å². The lowest BCUT2D eigenvalue weighted by atomic mass is 10.1. The van der Waals surface area contributed by atoms with Gasteiger partial charge in [-0.05, 0) is 31.6 Å². The molecule has 0 unspecified atom stereocenters. The zero-order valence-corrected chi connectivity index (χ0v) is 13.2. The summed E-state index contributed by atoms with van der Waals surface area (Å²) >= 11 is 10.6. The van der Waals surface area contributed by atoms with Crippen molar-refractivity contribution in [2.24, 2.45) is 16.0 Å². The van der Waals surface area contributed by atoms with Crippen LogP contribution >= 0.6 is 23.8 Å². The molecule has 0 spiro atoms. The number of thiocarbonyl (C=S) groups is 1. The summed E-state index contributed by atoms with van der Waals surface area (Å²) in [5, 5.41) is 19.4. The molecule has 3 N–H and O–H groups in total. The maximum absolute atomic E-state index is 10.4. The number of allylic oxidation sites excluding steroid dienone is 2. The van der Waals surface area contributed by atoms with E-state index in [1.165, 1.54) is 0 Å². The molecule has 0 aliphatic carbocycles. The highest BCUT2D eigenvalue weighted by Gasteiger charge is 2.17. The molecule has 0 radical (unpaired) electrons. The SMILES string of the molecule is C/C(Cl)=C\Cn1c(O)c(N=NC(N)=S)c2cccc(C)c21. The molecule has 0 aliphatic heterocycles. The van der Waals surface area contributed by atoms with Crippen LogP contribution in [0.3, 0.4) is 0 Å². The van der Waals surface area contributed by atoms with Gasteiger partial charge in [-0.1, -0.05) is 35.9 Å². The summed E-state index contributed by atoms with van der Waals surface area (Å²) in [6, 6.07) is 5.72. The topological polar surface area (TPSA) is 75.9 Å². The van der Waals surface area contributed by atoms with Crippen LogP contribution in [0.25, 0.3) is 10.9 Å².